The first-order chi connectivity index (χ1) is 22.7. The van der Waals surface area contributed by atoms with Gasteiger partial charge in [0.15, 0.2) is 0 Å². The van der Waals surface area contributed by atoms with E-state index in [1.807, 2.05) is 77.9 Å². The van der Waals surface area contributed by atoms with Crippen molar-refractivity contribution in [3.63, 3.8) is 0 Å². The molecule has 10 nitrogen and oxygen atoms in total. The smallest absolute Gasteiger partial charge is 0.137 e. The van der Waals surface area contributed by atoms with Crippen LogP contribution in [0, 0.1) is 41.5 Å². The Labute approximate surface area is 289 Å². The van der Waals surface area contributed by atoms with E-state index in [1.54, 1.807) is 0 Å². The van der Waals surface area contributed by atoms with Gasteiger partial charge >= 0.3 is 0 Å². The van der Waals surface area contributed by atoms with Crippen molar-refractivity contribution in [3.05, 3.63) is 127 Å². The summed E-state index contributed by atoms with van der Waals surface area (Å²) >= 11 is 12.0. The molecule has 0 N–H and O–H groups in total. The van der Waals surface area contributed by atoms with Crippen LogP contribution >= 0.6 is 23.2 Å². The largest absolute Gasteiger partial charge is 0.744 e. The van der Waals surface area contributed by atoms with Crippen molar-refractivity contribution >= 4 is 56.1 Å². The van der Waals surface area contributed by atoms with Crippen LogP contribution in [0.15, 0.2) is 86.0 Å². The van der Waals surface area contributed by atoms with Gasteiger partial charge in [0.2, 0.25) is 0 Å². The molecule has 0 spiro atoms. The van der Waals surface area contributed by atoms with Gasteiger partial charge in [-0.25, -0.2) is 23.4 Å². The van der Waals surface area contributed by atoms with Gasteiger partial charge in [0.1, 0.15) is 27.6 Å². The van der Waals surface area contributed by atoms with Gasteiger partial charge in [-0.05, 0) is 129 Å². The molecule has 5 aromatic rings. The highest BCUT2D eigenvalue weighted by atomic mass is 35.5. The lowest BCUT2D eigenvalue weighted by atomic mass is 10.0. The lowest BCUT2D eigenvalue weighted by Gasteiger charge is -2.12. The predicted molar refractivity (Wildman–Crippen MR) is 186 cm³/mol. The van der Waals surface area contributed by atoms with Crippen molar-refractivity contribution < 1.29 is 13.0 Å². The Kier molecular flexibility index (Phi) is 10.4. The lowest BCUT2D eigenvalue weighted by molar-refractivity contribution is 0.463. The van der Waals surface area contributed by atoms with Gasteiger partial charge in [-0.1, -0.05) is 35.3 Å². The lowest BCUT2D eigenvalue weighted by Crippen LogP contribution is -2.08. The molecule has 0 unspecified atom stereocenters. The number of benzene rings is 4. The van der Waals surface area contributed by atoms with Crippen LogP contribution in [0.25, 0.3) is 0 Å². The molecule has 0 aliphatic rings. The summed E-state index contributed by atoms with van der Waals surface area (Å²) in [5, 5.41) is 17.8. The second-order valence-electron chi connectivity index (χ2n) is 11.6. The summed E-state index contributed by atoms with van der Waals surface area (Å²) in [5.74, 6) is 1.96. The Hall–Kier alpha value is -4.42. The fourth-order valence-electron chi connectivity index (χ4n) is 5.07. The zero-order valence-electron chi connectivity index (χ0n) is 27.2. The molecule has 1 aromatic heterocycles. The average Bonchev–Trinajstić information content (AvgIpc) is 3.00. The molecule has 0 saturated heterocycles. The molecule has 1 heterocycles. The number of rotatable bonds is 9. The van der Waals surface area contributed by atoms with Crippen LogP contribution < -0.4 is 0 Å². The Morgan fingerprint density at radius 3 is 1.54 bits per heavy atom. The number of aryl methyl sites for hydroxylation is 6. The molecule has 0 aliphatic carbocycles. The second-order valence-corrected chi connectivity index (χ2v) is 13.8. The van der Waals surface area contributed by atoms with E-state index in [9.17, 15) is 13.0 Å². The van der Waals surface area contributed by atoms with E-state index in [-0.39, 0.29) is 10.7 Å². The van der Waals surface area contributed by atoms with Crippen molar-refractivity contribution in [3.8, 4) is 0 Å². The quantitative estimate of drug-likeness (QED) is 0.110. The van der Waals surface area contributed by atoms with E-state index in [4.69, 9.17) is 28.2 Å². The minimum Gasteiger partial charge on any atom is -0.744 e. The van der Waals surface area contributed by atoms with E-state index >= 15 is 0 Å². The van der Waals surface area contributed by atoms with Gasteiger partial charge in [-0.2, -0.15) is 20.5 Å². The third kappa shape index (κ3) is 8.53. The standard InChI is InChI=1S/C35H33Cl2N7O3S/c1-19-14-31(43-41-27-7-9-29(36)21(3)13-27)22(4)11-25(19)16-34-38-24(6)39-35(40-34)17-26-12-23(5)32(15-20(26)2)44-42-28-8-10-30(37)33(18-28)48(45,46)47/h7-15,18H,16-17H2,1-6H3,(H,45,46,47)/p-1. The molecule has 13 heteroatoms. The molecule has 0 saturated carbocycles. The highest BCUT2D eigenvalue weighted by Crippen LogP contribution is 2.31. The van der Waals surface area contributed by atoms with Crippen LogP contribution in [0.5, 0.6) is 0 Å². The molecule has 0 amide bonds. The van der Waals surface area contributed by atoms with Crippen LogP contribution in [0.1, 0.15) is 56.4 Å². The summed E-state index contributed by atoms with van der Waals surface area (Å²) in [7, 11) is -4.74. The first-order valence-corrected chi connectivity index (χ1v) is 17.1. The van der Waals surface area contributed by atoms with Crippen molar-refractivity contribution in [1.29, 1.82) is 0 Å². The van der Waals surface area contributed by atoms with Crippen molar-refractivity contribution in [1.82, 2.24) is 15.0 Å². The SMILES string of the molecule is Cc1nc(Cc2cc(C)c(N=Nc3ccc(Cl)c(C)c3)cc2C)nc(Cc2cc(C)c(N=Nc3ccc(Cl)c(S(=O)(=O)[O-])c3)cc2C)n1. The normalized spacial score (nSPS) is 12.0. The van der Waals surface area contributed by atoms with E-state index in [2.05, 4.69) is 36.5 Å². The summed E-state index contributed by atoms with van der Waals surface area (Å²) in [6.45, 7) is 11.7. The van der Waals surface area contributed by atoms with Gasteiger partial charge in [0, 0.05) is 17.9 Å². The van der Waals surface area contributed by atoms with Gasteiger partial charge in [0.25, 0.3) is 0 Å². The Morgan fingerprint density at radius 2 is 1.06 bits per heavy atom. The first-order valence-electron chi connectivity index (χ1n) is 14.9. The van der Waals surface area contributed by atoms with Crippen molar-refractivity contribution in [2.45, 2.75) is 59.3 Å². The van der Waals surface area contributed by atoms with Gasteiger partial charge in [0.05, 0.1) is 32.7 Å². The molecule has 4 aromatic carbocycles. The number of hydrogen-bond donors (Lipinski definition) is 0. The molecule has 0 aliphatic heterocycles. The minimum absolute atomic E-state index is 0.163. The maximum atomic E-state index is 11.5. The molecule has 48 heavy (non-hydrogen) atoms. The molecule has 0 fully saturated rings. The zero-order valence-corrected chi connectivity index (χ0v) is 29.5. The minimum atomic E-state index is -4.74. The fourth-order valence-corrected chi connectivity index (χ4v) is 6.16. The molecule has 0 atom stereocenters. The second kappa shape index (κ2) is 14.4. The predicted octanol–water partition coefficient (Wildman–Crippen LogP) is 9.95. The highest BCUT2D eigenvalue weighted by molar-refractivity contribution is 7.85. The third-order valence-electron chi connectivity index (χ3n) is 7.72. The van der Waals surface area contributed by atoms with Gasteiger partial charge < -0.3 is 4.55 Å². The molecule has 0 bridgehead atoms. The summed E-state index contributed by atoms with van der Waals surface area (Å²) < 4.78 is 34.4. The monoisotopic (exact) mass is 700 g/mol. The zero-order chi connectivity index (χ0) is 34.7. The number of halogens is 2. The number of azo groups is 2. The van der Waals surface area contributed by atoms with Crippen LogP contribution in [0.3, 0.4) is 0 Å². The Balaban J connectivity index is 1.33. The van der Waals surface area contributed by atoms with Crippen LogP contribution in [-0.2, 0) is 23.0 Å². The van der Waals surface area contributed by atoms with Gasteiger partial charge in [-0.15, -0.1) is 0 Å². The number of hydrogen-bond acceptors (Lipinski definition) is 10. The third-order valence-corrected chi connectivity index (χ3v) is 9.46. The number of nitrogens with zero attached hydrogens (tertiary/aromatic N) is 7. The van der Waals surface area contributed by atoms with E-state index in [0.717, 1.165) is 56.4 Å². The van der Waals surface area contributed by atoms with E-state index in [1.165, 1.54) is 12.1 Å². The molecule has 0 radical (unpaired) electrons. The molecule has 246 valence electrons. The average molecular weight is 702 g/mol. The first kappa shape index (κ1) is 34.9. The van der Waals surface area contributed by atoms with Crippen molar-refractivity contribution in [2.24, 2.45) is 20.5 Å². The summed E-state index contributed by atoms with van der Waals surface area (Å²) in [6, 6.07) is 17.5. The molecular weight excluding hydrogens is 669 g/mol. The summed E-state index contributed by atoms with van der Waals surface area (Å²) in [6.07, 6.45) is 1.03. The van der Waals surface area contributed by atoms with Gasteiger partial charge in [-0.3, -0.25) is 0 Å². The summed E-state index contributed by atoms with van der Waals surface area (Å²) in [5.41, 5.74) is 9.24. The number of aromatic nitrogens is 3. The van der Waals surface area contributed by atoms with E-state index < -0.39 is 15.0 Å². The molecule has 5 rings (SSSR count). The Bertz CT molecular complexity index is 2220. The van der Waals surface area contributed by atoms with Crippen molar-refractivity contribution in [2.75, 3.05) is 0 Å². The van der Waals surface area contributed by atoms with Crippen LogP contribution in [0.2, 0.25) is 10.0 Å². The Morgan fingerprint density at radius 1 is 0.583 bits per heavy atom. The summed E-state index contributed by atoms with van der Waals surface area (Å²) in [4.78, 5) is 13.5. The maximum absolute atomic E-state index is 11.5. The van der Waals surface area contributed by atoms with Crippen LogP contribution in [-0.4, -0.2) is 27.9 Å². The molecular formula is C35H32Cl2N7O3S-. The van der Waals surface area contributed by atoms with E-state index in [0.29, 0.717) is 41.0 Å². The topological polar surface area (TPSA) is 145 Å². The maximum Gasteiger partial charge on any atom is 0.137 e. The highest BCUT2D eigenvalue weighted by Gasteiger charge is 2.13. The fraction of sp³-hybridized carbons (Fsp3) is 0.229. The van der Waals surface area contributed by atoms with Crippen LogP contribution in [0.4, 0.5) is 22.7 Å².